The standard InChI is InChI=1S/C17H17FN2O2/c1-19-16(21)13-6-3-5-12(9-13)11-20(2)17(22)14-7-4-8-15(18)10-14/h3-10H,11H2,1-2H3,(H,19,21). The van der Waals surface area contributed by atoms with Crippen molar-refractivity contribution in [3.05, 3.63) is 71.0 Å². The van der Waals surface area contributed by atoms with Crippen molar-refractivity contribution in [3.8, 4) is 0 Å². The molecule has 2 aromatic rings. The van der Waals surface area contributed by atoms with E-state index in [1.807, 2.05) is 6.07 Å². The molecule has 22 heavy (non-hydrogen) atoms. The van der Waals surface area contributed by atoms with Gasteiger partial charge < -0.3 is 10.2 Å². The fraction of sp³-hybridized carbons (Fsp3) is 0.176. The van der Waals surface area contributed by atoms with E-state index in [0.29, 0.717) is 17.7 Å². The number of rotatable bonds is 4. The first-order valence-corrected chi connectivity index (χ1v) is 6.83. The van der Waals surface area contributed by atoms with Gasteiger partial charge in [-0.3, -0.25) is 9.59 Å². The van der Waals surface area contributed by atoms with Gasteiger partial charge in [-0.05, 0) is 35.9 Å². The number of amides is 2. The van der Waals surface area contributed by atoms with Crippen LogP contribution in [0.3, 0.4) is 0 Å². The van der Waals surface area contributed by atoms with Crippen molar-refractivity contribution in [3.63, 3.8) is 0 Å². The Morgan fingerprint density at radius 3 is 2.45 bits per heavy atom. The van der Waals surface area contributed by atoms with Gasteiger partial charge in [0.05, 0.1) is 0 Å². The third kappa shape index (κ3) is 3.69. The molecule has 0 radical (unpaired) electrons. The normalized spacial score (nSPS) is 10.1. The number of nitrogens with one attached hydrogen (secondary N) is 1. The Balaban J connectivity index is 2.13. The second-order valence-corrected chi connectivity index (χ2v) is 4.95. The lowest BCUT2D eigenvalue weighted by atomic mass is 10.1. The first-order chi connectivity index (χ1) is 10.5. The predicted octanol–water partition coefficient (Wildman–Crippen LogP) is 2.46. The van der Waals surface area contributed by atoms with Crippen LogP contribution in [0.2, 0.25) is 0 Å². The van der Waals surface area contributed by atoms with Crippen LogP contribution in [0.4, 0.5) is 4.39 Å². The molecule has 0 aliphatic heterocycles. The molecule has 0 saturated heterocycles. The van der Waals surface area contributed by atoms with Crippen molar-refractivity contribution in [2.75, 3.05) is 14.1 Å². The van der Waals surface area contributed by atoms with Crippen LogP contribution in [0.1, 0.15) is 26.3 Å². The van der Waals surface area contributed by atoms with E-state index < -0.39 is 5.82 Å². The largest absolute Gasteiger partial charge is 0.355 e. The van der Waals surface area contributed by atoms with Crippen molar-refractivity contribution >= 4 is 11.8 Å². The maximum atomic E-state index is 13.2. The second-order valence-electron chi connectivity index (χ2n) is 4.95. The minimum absolute atomic E-state index is 0.180. The Hall–Kier alpha value is -2.69. The molecule has 0 saturated carbocycles. The molecule has 2 amide bonds. The molecule has 0 aromatic heterocycles. The van der Waals surface area contributed by atoms with E-state index in [4.69, 9.17) is 0 Å². The summed E-state index contributed by atoms with van der Waals surface area (Å²) in [6, 6.07) is 12.6. The first kappa shape index (κ1) is 15.7. The van der Waals surface area contributed by atoms with Crippen LogP contribution in [0.15, 0.2) is 48.5 Å². The van der Waals surface area contributed by atoms with Gasteiger partial charge in [0.15, 0.2) is 0 Å². The van der Waals surface area contributed by atoms with Gasteiger partial charge in [-0.1, -0.05) is 18.2 Å². The lowest BCUT2D eigenvalue weighted by Crippen LogP contribution is -2.26. The van der Waals surface area contributed by atoms with E-state index in [0.717, 1.165) is 5.56 Å². The number of carbonyl (C=O) groups excluding carboxylic acids is 2. The van der Waals surface area contributed by atoms with Gasteiger partial charge in [-0.25, -0.2) is 4.39 Å². The Morgan fingerprint density at radius 2 is 1.77 bits per heavy atom. The molecular weight excluding hydrogens is 283 g/mol. The van der Waals surface area contributed by atoms with Gasteiger partial charge in [0.2, 0.25) is 0 Å². The summed E-state index contributed by atoms with van der Waals surface area (Å²) in [6.45, 7) is 0.334. The topological polar surface area (TPSA) is 49.4 Å². The number of halogens is 1. The smallest absolute Gasteiger partial charge is 0.253 e. The molecule has 1 N–H and O–H groups in total. The summed E-state index contributed by atoms with van der Waals surface area (Å²) in [5, 5.41) is 2.56. The van der Waals surface area contributed by atoms with Gasteiger partial charge in [0.25, 0.3) is 11.8 Å². The zero-order chi connectivity index (χ0) is 16.1. The molecule has 114 valence electrons. The molecule has 0 fully saturated rings. The van der Waals surface area contributed by atoms with E-state index in [1.165, 1.54) is 23.1 Å². The van der Waals surface area contributed by atoms with Gasteiger partial charge >= 0.3 is 0 Å². The molecule has 0 atom stereocenters. The van der Waals surface area contributed by atoms with E-state index in [9.17, 15) is 14.0 Å². The fourth-order valence-corrected chi connectivity index (χ4v) is 2.14. The fourth-order valence-electron chi connectivity index (χ4n) is 2.14. The minimum atomic E-state index is -0.444. The van der Waals surface area contributed by atoms with Crippen molar-refractivity contribution in [1.82, 2.24) is 10.2 Å². The number of nitrogens with zero attached hydrogens (tertiary/aromatic N) is 1. The van der Waals surface area contributed by atoms with Gasteiger partial charge in [0.1, 0.15) is 5.82 Å². The number of hydrogen-bond donors (Lipinski definition) is 1. The third-order valence-corrected chi connectivity index (χ3v) is 3.25. The Labute approximate surface area is 128 Å². The third-order valence-electron chi connectivity index (χ3n) is 3.25. The maximum Gasteiger partial charge on any atom is 0.253 e. The highest BCUT2D eigenvalue weighted by Gasteiger charge is 2.13. The molecule has 0 heterocycles. The van der Waals surface area contributed by atoms with Gasteiger partial charge in [-0.2, -0.15) is 0 Å². The quantitative estimate of drug-likeness (QED) is 0.943. The zero-order valence-electron chi connectivity index (χ0n) is 12.5. The Morgan fingerprint density at radius 1 is 1.09 bits per heavy atom. The SMILES string of the molecule is CNC(=O)c1cccc(CN(C)C(=O)c2cccc(F)c2)c1. The highest BCUT2D eigenvalue weighted by molar-refractivity contribution is 5.95. The van der Waals surface area contributed by atoms with Crippen molar-refractivity contribution < 1.29 is 14.0 Å². The summed E-state index contributed by atoms with van der Waals surface area (Å²) in [6.07, 6.45) is 0. The lowest BCUT2D eigenvalue weighted by Gasteiger charge is -2.17. The summed E-state index contributed by atoms with van der Waals surface area (Å²) in [5.41, 5.74) is 1.66. The molecular formula is C17H17FN2O2. The van der Waals surface area contributed by atoms with E-state index in [1.54, 1.807) is 38.4 Å². The van der Waals surface area contributed by atoms with Crippen LogP contribution in [0.25, 0.3) is 0 Å². The van der Waals surface area contributed by atoms with Crippen LogP contribution in [0.5, 0.6) is 0 Å². The molecule has 0 bridgehead atoms. The molecule has 2 rings (SSSR count). The number of carbonyl (C=O) groups is 2. The molecule has 4 nitrogen and oxygen atoms in total. The lowest BCUT2D eigenvalue weighted by molar-refractivity contribution is 0.0784. The van der Waals surface area contributed by atoms with Crippen LogP contribution in [0, 0.1) is 5.82 Å². The molecule has 0 aliphatic carbocycles. The summed E-state index contributed by atoms with van der Waals surface area (Å²) in [4.78, 5) is 25.4. The van der Waals surface area contributed by atoms with Crippen LogP contribution in [-0.2, 0) is 6.54 Å². The maximum absolute atomic E-state index is 13.2. The molecule has 5 heteroatoms. The monoisotopic (exact) mass is 300 g/mol. The van der Waals surface area contributed by atoms with Crippen LogP contribution < -0.4 is 5.32 Å². The molecule has 2 aromatic carbocycles. The van der Waals surface area contributed by atoms with Crippen molar-refractivity contribution in [1.29, 1.82) is 0 Å². The average Bonchev–Trinajstić information content (AvgIpc) is 2.53. The molecule has 0 unspecified atom stereocenters. The second kappa shape index (κ2) is 6.85. The summed E-state index contributed by atoms with van der Waals surface area (Å²) in [5.74, 6) is -0.897. The number of benzene rings is 2. The average molecular weight is 300 g/mol. The Kier molecular flexibility index (Phi) is 4.88. The summed E-state index contributed by atoms with van der Waals surface area (Å²) < 4.78 is 13.2. The van der Waals surface area contributed by atoms with Crippen molar-refractivity contribution in [2.24, 2.45) is 0 Å². The number of hydrogen-bond acceptors (Lipinski definition) is 2. The van der Waals surface area contributed by atoms with E-state index >= 15 is 0 Å². The van der Waals surface area contributed by atoms with Crippen LogP contribution >= 0.6 is 0 Å². The summed E-state index contributed by atoms with van der Waals surface area (Å²) >= 11 is 0. The molecule has 0 spiro atoms. The van der Waals surface area contributed by atoms with Gasteiger partial charge in [0, 0.05) is 31.8 Å². The van der Waals surface area contributed by atoms with E-state index in [2.05, 4.69) is 5.32 Å². The van der Waals surface area contributed by atoms with Crippen LogP contribution in [-0.4, -0.2) is 30.8 Å². The Bertz CT molecular complexity index is 701. The zero-order valence-corrected chi connectivity index (χ0v) is 12.5. The van der Waals surface area contributed by atoms with Gasteiger partial charge in [-0.15, -0.1) is 0 Å². The first-order valence-electron chi connectivity index (χ1n) is 6.83. The van der Waals surface area contributed by atoms with Crippen molar-refractivity contribution in [2.45, 2.75) is 6.54 Å². The highest BCUT2D eigenvalue weighted by Crippen LogP contribution is 2.11. The molecule has 0 aliphatic rings. The van der Waals surface area contributed by atoms with E-state index in [-0.39, 0.29) is 11.8 Å². The minimum Gasteiger partial charge on any atom is -0.355 e. The summed E-state index contributed by atoms with van der Waals surface area (Å²) in [7, 11) is 3.20. The highest BCUT2D eigenvalue weighted by atomic mass is 19.1. The predicted molar refractivity (Wildman–Crippen MR) is 82.0 cm³/mol.